The molecule has 0 aliphatic carbocycles. The highest BCUT2D eigenvalue weighted by Gasteiger charge is 2.12. The van der Waals surface area contributed by atoms with Crippen molar-refractivity contribution in [3.63, 3.8) is 0 Å². The standard InChI is InChI=1S/C15H25N3O/c1-6-16-13-7-8-14(11(2)9-13)15(19)17-12(3)10-18(4)5/h7-9,12,16H,6,10H2,1-5H3,(H,17,19). The summed E-state index contributed by atoms with van der Waals surface area (Å²) in [5, 5.41) is 6.26. The van der Waals surface area contributed by atoms with Crippen LogP contribution in [0.5, 0.6) is 0 Å². The van der Waals surface area contributed by atoms with Gasteiger partial charge >= 0.3 is 0 Å². The van der Waals surface area contributed by atoms with Crippen LogP contribution in [0.15, 0.2) is 18.2 Å². The minimum absolute atomic E-state index is 0.00472. The minimum atomic E-state index is -0.00472. The molecule has 0 aliphatic rings. The molecule has 0 heterocycles. The SMILES string of the molecule is CCNc1ccc(C(=O)NC(C)CN(C)C)c(C)c1. The third-order valence-corrected chi connectivity index (χ3v) is 2.87. The van der Waals surface area contributed by atoms with E-state index >= 15 is 0 Å². The quantitative estimate of drug-likeness (QED) is 0.826. The molecule has 0 fully saturated rings. The predicted octanol–water partition coefficient (Wildman–Crippen LogP) is 2.11. The zero-order chi connectivity index (χ0) is 14.4. The van der Waals surface area contributed by atoms with Crippen LogP contribution in [0.25, 0.3) is 0 Å². The Hall–Kier alpha value is -1.55. The first-order valence-electron chi connectivity index (χ1n) is 6.74. The molecule has 106 valence electrons. The lowest BCUT2D eigenvalue weighted by Gasteiger charge is -2.19. The van der Waals surface area contributed by atoms with Crippen molar-refractivity contribution in [2.45, 2.75) is 26.8 Å². The van der Waals surface area contributed by atoms with Gasteiger partial charge in [-0.05, 0) is 58.6 Å². The summed E-state index contributed by atoms with van der Waals surface area (Å²) < 4.78 is 0. The van der Waals surface area contributed by atoms with E-state index in [0.717, 1.165) is 29.9 Å². The normalized spacial score (nSPS) is 12.3. The predicted molar refractivity (Wildman–Crippen MR) is 80.8 cm³/mol. The van der Waals surface area contributed by atoms with Crippen LogP contribution >= 0.6 is 0 Å². The monoisotopic (exact) mass is 263 g/mol. The van der Waals surface area contributed by atoms with Crippen LogP contribution in [0.4, 0.5) is 5.69 Å². The number of nitrogens with zero attached hydrogens (tertiary/aromatic N) is 1. The van der Waals surface area contributed by atoms with Crippen molar-refractivity contribution in [3.8, 4) is 0 Å². The van der Waals surface area contributed by atoms with Gasteiger partial charge in [-0.2, -0.15) is 0 Å². The first-order valence-corrected chi connectivity index (χ1v) is 6.74. The van der Waals surface area contributed by atoms with Crippen molar-refractivity contribution in [3.05, 3.63) is 29.3 Å². The number of carbonyl (C=O) groups is 1. The van der Waals surface area contributed by atoms with Crippen LogP contribution < -0.4 is 10.6 Å². The summed E-state index contributed by atoms with van der Waals surface area (Å²) in [7, 11) is 4.00. The third-order valence-electron chi connectivity index (χ3n) is 2.87. The number of rotatable bonds is 6. The number of nitrogens with one attached hydrogen (secondary N) is 2. The molecule has 1 atom stereocenters. The Morgan fingerprint density at radius 3 is 2.58 bits per heavy atom. The van der Waals surface area contributed by atoms with Crippen molar-refractivity contribution in [2.24, 2.45) is 0 Å². The van der Waals surface area contributed by atoms with Crippen LogP contribution in [0.1, 0.15) is 29.8 Å². The Morgan fingerprint density at radius 2 is 2.05 bits per heavy atom. The zero-order valence-electron chi connectivity index (χ0n) is 12.6. The van der Waals surface area contributed by atoms with E-state index in [1.165, 1.54) is 0 Å². The van der Waals surface area contributed by atoms with E-state index in [-0.39, 0.29) is 11.9 Å². The Labute approximate surface area is 116 Å². The summed E-state index contributed by atoms with van der Waals surface area (Å²) in [5.74, 6) is -0.00472. The number of hydrogen-bond acceptors (Lipinski definition) is 3. The average Bonchev–Trinajstić information content (AvgIpc) is 2.27. The van der Waals surface area contributed by atoms with Gasteiger partial charge in [0.25, 0.3) is 5.91 Å². The molecule has 0 aliphatic heterocycles. The fourth-order valence-corrected chi connectivity index (χ4v) is 2.13. The van der Waals surface area contributed by atoms with E-state index in [1.807, 2.05) is 46.1 Å². The van der Waals surface area contributed by atoms with Gasteiger partial charge in [0.2, 0.25) is 0 Å². The van der Waals surface area contributed by atoms with Gasteiger partial charge in [0.15, 0.2) is 0 Å². The van der Waals surface area contributed by atoms with Crippen LogP contribution in [0.3, 0.4) is 0 Å². The summed E-state index contributed by atoms with van der Waals surface area (Å²) in [6.07, 6.45) is 0. The second-order valence-corrected chi connectivity index (χ2v) is 5.20. The largest absolute Gasteiger partial charge is 0.385 e. The molecule has 0 aromatic heterocycles. The number of anilines is 1. The third kappa shape index (κ3) is 4.91. The lowest BCUT2D eigenvalue weighted by molar-refractivity contribution is 0.0934. The van der Waals surface area contributed by atoms with Crippen molar-refractivity contribution < 1.29 is 4.79 Å². The molecule has 1 aromatic carbocycles. The molecule has 0 saturated carbocycles. The van der Waals surface area contributed by atoms with Gasteiger partial charge in [-0.25, -0.2) is 0 Å². The molecule has 4 heteroatoms. The molecule has 0 radical (unpaired) electrons. The maximum atomic E-state index is 12.2. The fraction of sp³-hybridized carbons (Fsp3) is 0.533. The summed E-state index contributed by atoms with van der Waals surface area (Å²) in [6.45, 7) is 7.75. The van der Waals surface area contributed by atoms with Gasteiger partial charge in [0.1, 0.15) is 0 Å². The van der Waals surface area contributed by atoms with E-state index in [4.69, 9.17) is 0 Å². The van der Waals surface area contributed by atoms with Crippen LogP contribution in [-0.4, -0.2) is 44.0 Å². The highest BCUT2D eigenvalue weighted by molar-refractivity contribution is 5.96. The lowest BCUT2D eigenvalue weighted by atomic mass is 10.1. The molecule has 0 spiro atoms. The van der Waals surface area contributed by atoms with Gasteiger partial charge in [0.05, 0.1) is 0 Å². The van der Waals surface area contributed by atoms with E-state index in [1.54, 1.807) is 0 Å². The average molecular weight is 263 g/mol. The molecular formula is C15H25N3O. The molecular weight excluding hydrogens is 238 g/mol. The fourth-order valence-electron chi connectivity index (χ4n) is 2.13. The van der Waals surface area contributed by atoms with Crippen molar-refractivity contribution in [2.75, 3.05) is 32.5 Å². The van der Waals surface area contributed by atoms with E-state index in [2.05, 4.69) is 22.5 Å². The molecule has 1 amide bonds. The molecule has 4 nitrogen and oxygen atoms in total. The molecule has 1 rings (SSSR count). The smallest absolute Gasteiger partial charge is 0.251 e. The summed E-state index contributed by atoms with van der Waals surface area (Å²) >= 11 is 0. The number of likely N-dealkylation sites (N-methyl/N-ethyl adjacent to an activating group) is 1. The molecule has 0 bridgehead atoms. The van der Waals surface area contributed by atoms with Gasteiger partial charge < -0.3 is 15.5 Å². The van der Waals surface area contributed by atoms with Crippen LogP contribution in [0.2, 0.25) is 0 Å². The first-order chi connectivity index (χ1) is 8.93. The maximum Gasteiger partial charge on any atom is 0.251 e. The Morgan fingerprint density at radius 1 is 1.37 bits per heavy atom. The summed E-state index contributed by atoms with van der Waals surface area (Å²) in [6, 6.07) is 5.97. The molecule has 1 aromatic rings. The van der Waals surface area contributed by atoms with Gasteiger partial charge in [-0.15, -0.1) is 0 Å². The second-order valence-electron chi connectivity index (χ2n) is 5.20. The van der Waals surface area contributed by atoms with Crippen molar-refractivity contribution in [1.82, 2.24) is 10.2 Å². The van der Waals surface area contributed by atoms with E-state index in [9.17, 15) is 4.79 Å². The summed E-state index contributed by atoms with van der Waals surface area (Å²) in [5.41, 5.74) is 2.79. The van der Waals surface area contributed by atoms with Crippen molar-refractivity contribution >= 4 is 11.6 Å². The van der Waals surface area contributed by atoms with Crippen LogP contribution in [-0.2, 0) is 0 Å². The molecule has 1 unspecified atom stereocenters. The number of hydrogen-bond donors (Lipinski definition) is 2. The van der Waals surface area contributed by atoms with Gasteiger partial charge in [-0.3, -0.25) is 4.79 Å². The number of carbonyl (C=O) groups excluding carboxylic acids is 1. The molecule has 2 N–H and O–H groups in total. The zero-order valence-corrected chi connectivity index (χ0v) is 12.6. The number of aryl methyl sites for hydroxylation is 1. The summed E-state index contributed by atoms with van der Waals surface area (Å²) in [4.78, 5) is 14.2. The number of amides is 1. The Bertz CT molecular complexity index is 429. The van der Waals surface area contributed by atoms with Gasteiger partial charge in [0, 0.05) is 30.4 Å². The highest BCUT2D eigenvalue weighted by Crippen LogP contribution is 2.15. The number of benzene rings is 1. The Kier molecular flexibility index (Phi) is 5.83. The molecule has 0 saturated heterocycles. The minimum Gasteiger partial charge on any atom is -0.385 e. The van der Waals surface area contributed by atoms with Crippen LogP contribution in [0, 0.1) is 6.92 Å². The Balaban J connectivity index is 2.71. The van der Waals surface area contributed by atoms with Crippen molar-refractivity contribution in [1.29, 1.82) is 0 Å². The van der Waals surface area contributed by atoms with E-state index in [0.29, 0.717) is 0 Å². The lowest BCUT2D eigenvalue weighted by Crippen LogP contribution is -2.39. The second kappa shape index (κ2) is 7.14. The topological polar surface area (TPSA) is 44.4 Å². The highest BCUT2D eigenvalue weighted by atomic mass is 16.1. The molecule has 19 heavy (non-hydrogen) atoms. The van der Waals surface area contributed by atoms with Gasteiger partial charge in [-0.1, -0.05) is 0 Å². The maximum absolute atomic E-state index is 12.2. The van der Waals surface area contributed by atoms with E-state index < -0.39 is 0 Å². The first kappa shape index (κ1) is 15.5.